The number of alkyl halides is 6. The largest absolute Gasteiger partial charge is 2.00 e. The molecule has 0 radical (unpaired) electrons. The average molecular weight is 875 g/mol. The van der Waals surface area contributed by atoms with E-state index in [2.05, 4.69) is 22.6 Å². The van der Waals surface area contributed by atoms with Crippen LogP contribution in [-0.2, 0) is 39.0 Å². The summed E-state index contributed by atoms with van der Waals surface area (Å²) in [5.41, 5.74) is -1.28. The van der Waals surface area contributed by atoms with Crippen molar-refractivity contribution >= 4 is 11.6 Å². The summed E-state index contributed by atoms with van der Waals surface area (Å²) in [6.07, 6.45) is -4.41. The van der Waals surface area contributed by atoms with E-state index >= 15 is 0 Å². The molecule has 0 saturated heterocycles. The van der Waals surface area contributed by atoms with Gasteiger partial charge in [0.2, 0.25) is 0 Å². The summed E-state index contributed by atoms with van der Waals surface area (Å²) in [5.74, 6) is 0.498. The van der Waals surface area contributed by atoms with Crippen LogP contribution < -0.4 is 4.90 Å². The summed E-state index contributed by atoms with van der Waals surface area (Å²) in [7, 11) is 0. The molecule has 0 aliphatic heterocycles. The fourth-order valence-electron chi connectivity index (χ4n) is 5.78. The topological polar surface area (TPSA) is 64.7 Å². The number of halogens is 6. The summed E-state index contributed by atoms with van der Waals surface area (Å²) in [5, 5.41) is 7.34. The first-order chi connectivity index (χ1) is 24.0. The van der Waals surface area contributed by atoms with Gasteiger partial charge in [0.15, 0.2) is 0 Å². The van der Waals surface area contributed by atoms with E-state index in [1.165, 1.54) is 12.1 Å². The van der Waals surface area contributed by atoms with Gasteiger partial charge in [-0.1, -0.05) is 128 Å². The van der Waals surface area contributed by atoms with Gasteiger partial charge in [-0.15, -0.1) is 12.1 Å². The minimum Gasteiger partial charge on any atom is -0.343 e. The van der Waals surface area contributed by atoms with Crippen LogP contribution in [0, 0.1) is 12.4 Å². The summed E-state index contributed by atoms with van der Waals surface area (Å²) in [6.45, 7) is 0. The predicted molar refractivity (Wildman–Crippen MR) is 172 cm³/mol. The molecule has 0 aliphatic carbocycles. The van der Waals surface area contributed by atoms with E-state index in [0.717, 1.165) is 38.2 Å². The summed E-state index contributed by atoms with van der Waals surface area (Å²) < 4.78 is 82.8. The number of pyridine rings is 2. The van der Waals surface area contributed by atoms with E-state index in [0.29, 0.717) is 0 Å². The van der Waals surface area contributed by atoms with Gasteiger partial charge < -0.3 is 9.36 Å². The molecule has 4 aromatic heterocycles. The maximum atomic E-state index is 13.5. The molecule has 0 fully saturated rings. The summed E-state index contributed by atoms with van der Waals surface area (Å²) in [4.78, 5) is 11.4. The molecule has 0 spiro atoms. The van der Waals surface area contributed by atoms with Crippen molar-refractivity contribution in [1.82, 2.24) is 29.5 Å². The Morgan fingerprint density at radius 2 is 0.824 bits per heavy atom. The third kappa shape index (κ3) is 6.81. The molecule has 51 heavy (non-hydrogen) atoms. The SMILES string of the molecule is FC(F)(F)c1c[c-]n(-c2cccc(N(c3cccc(-n4[c-]cc(C(F)(F)F)n4)n3)C(c3ccccc3)(c3ccccc3)c3ccccc3)n2)n1.[Pt+2]. The second-order valence-electron chi connectivity index (χ2n) is 11.0. The van der Waals surface area contributed by atoms with Crippen molar-refractivity contribution in [2.24, 2.45) is 0 Å². The van der Waals surface area contributed by atoms with Gasteiger partial charge in [0.1, 0.15) is 17.2 Å². The summed E-state index contributed by atoms with van der Waals surface area (Å²) >= 11 is 0. The van der Waals surface area contributed by atoms with E-state index < -0.39 is 29.3 Å². The molecule has 0 N–H and O–H groups in total. The molecule has 7 nitrogen and oxygen atoms in total. The van der Waals surface area contributed by atoms with Crippen molar-refractivity contribution in [2.75, 3.05) is 4.90 Å². The number of hydrogen-bond donors (Lipinski definition) is 0. The Morgan fingerprint density at radius 1 is 0.471 bits per heavy atom. The third-order valence-corrected chi connectivity index (χ3v) is 7.89. The second-order valence-corrected chi connectivity index (χ2v) is 11.0. The van der Waals surface area contributed by atoms with Crippen molar-refractivity contribution in [3.05, 3.63) is 180 Å². The van der Waals surface area contributed by atoms with Crippen molar-refractivity contribution in [3.8, 4) is 11.6 Å². The maximum Gasteiger partial charge on any atom is 2.00 e. The van der Waals surface area contributed by atoms with Crippen LogP contribution in [0.3, 0.4) is 0 Å². The molecule has 14 heteroatoms. The number of rotatable bonds is 8. The van der Waals surface area contributed by atoms with Crippen LogP contribution in [0.4, 0.5) is 38.0 Å². The van der Waals surface area contributed by atoms with Crippen LogP contribution in [0.25, 0.3) is 11.6 Å². The molecule has 0 bridgehead atoms. The minimum atomic E-state index is -4.70. The molecule has 0 saturated carbocycles. The molecule has 0 amide bonds. The standard InChI is InChI=1S/C37H23F6N7.Pt/c38-36(39,40)29-22-24-48(46-29)31-18-10-20-33(44-31)50(34-21-11-19-32(45-34)49-25-23-30(47-49)37(41,42)43)35(26-12-4-1-5-13-26,27-14-6-2-7-15-27)28-16-8-3-9-17-28;/h1-23H;/q-2;+2. The zero-order valence-electron chi connectivity index (χ0n) is 26.0. The van der Waals surface area contributed by atoms with Gasteiger partial charge in [-0.05, 0) is 28.8 Å². The Balaban J connectivity index is 0.00000448. The van der Waals surface area contributed by atoms with E-state index in [1.54, 1.807) is 29.2 Å². The molecule has 0 aliphatic rings. The van der Waals surface area contributed by atoms with Crippen LogP contribution in [0.2, 0.25) is 0 Å². The Hall–Kier alpha value is -5.55. The van der Waals surface area contributed by atoms with Crippen LogP contribution in [0.1, 0.15) is 28.1 Å². The van der Waals surface area contributed by atoms with Gasteiger partial charge in [-0.25, -0.2) is 0 Å². The number of aromatic nitrogens is 6. The monoisotopic (exact) mass is 874 g/mol. The fourth-order valence-corrected chi connectivity index (χ4v) is 5.78. The predicted octanol–water partition coefficient (Wildman–Crippen LogP) is 8.61. The van der Waals surface area contributed by atoms with Crippen molar-refractivity contribution in [2.45, 2.75) is 17.9 Å². The number of hydrogen-bond acceptors (Lipinski definition) is 5. The summed E-state index contributed by atoms with van der Waals surface area (Å²) in [6, 6.07) is 39.4. The zero-order chi connectivity index (χ0) is 34.9. The Morgan fingerprint density at radius 3 is 1.14 bits per heavy atom. The molecule has 7 aromatic rings. The van der Waals surface area contributed by atoms with E-state index in [-0.39, 0.29) is 44.3 Å². The van der Waals surface area contributed by atoms with E-state index in [9.17, 15) is 26.3 Å². The zero-order valence-corrected chi connectivity index (χ0v) is 28.3. The average Bonchev–Trinajstić information content (AvgIpc) is 3.84. The number of benzene rings is 3. The third-order valence-electron chi connectivity index (χ3n) is 7.89. The van der Waals surface area contributed by atoms with Gasteiger partial charge in [-0.2, -0.15) is 26.3 Å². The Kier molecular flexibility index (Phi) is 9.68. The molecular weight excluding hydrogens is 852 g/mol. The number of nitrogens with zero attached hydrogens (tertiary/aromatic N) is 7. The van der Waals surface area contributed by atoms with Crippen molar-refractivity contribution in [3.63, 3.8) is 0 Å². The first-order valence-electron chi connectivity index (χ1n) is 15.1. The molecule has 4 heterocycles. The van der Waals surface area contributed by atoms with Crippen molar-refractivity contribution < 1.29 is 47.4 Å². The van der Waals surface area contributed by atoms with E-state index in [4.69, 9.17) is 9.97 Å². The molecule has 258 valence electrons. The Labute approximate surface area is 302 Å². The maximum absolute atomic E-state index is 13.5. The van der Waals surface area contributed by atoms with Crippen LogP contribution in [-0.4, -0.2) is 29.5 Å². The normalized spacial score (nSPS) is 12.0. The first kappa shape index (κ1) is 35.3. The molecular formula is C37H23F6N7Pt. The molecule has 0 unspecified atom stereocenters. The van der Waals surface area contributed by atoms with Gasteiger partial charge in [0.05, 0.1) is 23.0 Å². The molecule has 0 atom stereocenters. The molecule has 7 rings (SSSR count). The van der Waals surface area contributed by atoms with Crippen molar-refractivity contribution in [1.29, 1.82) is 0 Å². The fraction of sp³-hybridized carbons (Fsp3) is 0.0811. The van der Waals surface area contributed by atoms with E-state index in [1.807, 2.05) is 91.0 Å². The smallest absolute Gasteiger partial charge is 0.343 e. The minimum absolute atomic E-state index is 0. The second kappa shape index (κ2) is 14.0. The molecule has 3 aromatic carbocycles. The van der Waals surface area contributed by atoms with Crippen LogP contribution >= 0.6 is 0 Å². The van der Waals surface area contributed by atoms with Crippen LogP contribution in [0.15, 0.2) is 140 Å². The number of anilines is 2. The quantitative estimate of drug-likeness (QED) is 0.0870. The van der Waals surface area contributed by atoms with Gasteiger partial charge in [0, 0.05) is 0 Å². The van der Waals surface area contributed by atoms with Gasteiger partial charge in [0.25, 0.3) is 0 Å². The Bertz CT molecular complexity index is 2030. The van der Waals surface area contributed by atoms with Gasteiger partial charge in [-0.3, -0.25) is 25.1 Å². The van der Waals surface area contributed by atoms with Crippen LogP contribution in [0.5, 0.6) is 0 Å². The van der Waals surface area contributed by atoms with Gasteiger partial charge >= 0.3 is 33.4 Å². The first-order valence-corrected chi connectivity index (χ1v) is 15.1.